The number of hydrogen-bond donors (Lipinski definition) is 0. The zero-order chi connectivity index (χ0) is 22.2. The first kappa shape index (κ1) is 21.0. The first-order valence-electron chi connectivity index (χ1n) is 11.8. The number of aryl methyl sites for hydroxylation is 1. The molecule has 0 radical (unpaired) electrons. The molecule has 2 heterocycles. The van der Waals surface area contributed by atoms with Crippen LogP contribution in [0.15, 0.2) is 47.2 Å². The average Bonchev–Trinajstić information content (AvgIpc) is 3.41. The van der Waals surface area contributed by atoms with Crippen LogP contribution in [0.3, 0.4) is 0 Å². The number of hydrogen-bond acceptors (Lipinski definition) is 4. The van der Waals surface area contributed by atoms with Gasteiger partial charge < -0.3 is 14.2 Å². The zero-order valence-electron chi connectivity index (χ0n) is 19.2. The van der Waals surface area contributed by atoms with Crippen LogP contribution in [0.4, 0.5) is 0 Å². The Bertz CT molecular complexity index is 1130. The number of amides is 1. The van der Waals surface area contributed by atoms with Gasteiger partial charge in [0.15, 0.2) is 0 Å². The SMILES string of the molecule is CCN(CC)CCC1CCc2ccc3c(c2-c2cc(-c4ncco4)ccc21)CN(C)C3=O. The van der Waals surface area contributed by atoms with E-state index in [0.29, 0.717) is 18.4 Å². The Morgan fingerprint density at radius 3 is 2.75 bits per heavy atom. The molecule has 5 rings (SSSR count). The summed E-state index contributed by atoms with van der Waals surface area (Å²) in [5, 5.41) is 0. The van der Waals surface area contributed by atoms with Crippen molar-refractivity contribution in [2.24, 2.45) is 0 Å². The van der Waals surface area contributed by atoms with Gasteiger partial charge in [0.05, 0.1) is 6.20 Å². The van der Waals surface area contributed by atoms with Crippen LogP contribution in [-0.2, 0) is 13.0 Å². The normalized spacial score (nSPS) is 17.3. The van der Waals surface area contributed by atoms with E-state index in [2.05, 4.69) is 48.0 Å². The van der Waals surface area contributed by atoms with Gasteiger partial charge in [0, 0.05) is 24.7 Å². The monoisotopic (exact) mass is 429 g/mol. The summed E-state index contributed by atoms with van der Waals surface area (Å²) in [4.78, 5) is 21.4. The molecule has 2 aromatic carbocycles. The highest BCUT2D eigenvalue weighted by atomic mass is 16.3. The molecule has 166 valence electrons. The van der Waals surface area contributed by atoms with E-state index in [9.17, 15) is 4.79 Å². The molecule has 3 aromatic rings. The Kier molecular flexibility index (Phi) is 5.60. The van der Waals surface area contributed by atoms with Crippen LogP contribution >= 0.6 is 0 Å². The van der Waals surface area contributed by atoms with Crippen molar-refractivity contribution in [3.63, 3.8) is 0 Å². The summed E-state index contributed by atoms with van der Waals surface area (Å²) in [7, 11) is 1.89. The smallest absolute Gasteiger partial charge is 0.254 e. The fourth-order valence-electron chi connectivity index (χ4n) is 5.41. The Morgan fingerprint density at radius 2 is 2.00 bits per heavy atom. The molecule has 0 spiro atoms. The lowest BCUT2D eigenvalue weighted by atomic mass is 9.86. The first-order chi connectivity index (χ1) is 15.6. The lowest BCUT2D eigenvalue weighted by molar-refractivity contribution is 0.0816. The van der Waals surface area contributed by atoms with E-state index in [1.165, 1.54) is 27.8 Å². The Hall–Kier alpha value is -2.92. The van der Waals surface area contributed by atoms with Gasteiger partial charge in [-0.1, -0.05) is 26.0 Å². The highest BCUT2D eigenvalue weighted by Crippen LogP contribution is 2.45. The number of aromatic nitrogens is 1. The summed E-state index contributed by atoms with van der Waals surface area (Å²) < 4.78 is 5.61. The summed E-state index contributed by atoms with van der Waals surface area (Å²) >= 11 is 0. The maximum absolute atomic E-state index is 12.7. The number of rotatable bonds is 6. The van der Waals surface area contributed by atoms with Crippen molar-refractivity contribution in [3.05, 3.63) is 65.0 Å². The second kappa shape index (κ2) is 8.55. The van der Waals surface area contributed by atoms with Gasteiger partial charge in [0.2, 0.25) is 5.89 Å². The molecule has 1 amide bonds. The van der Waals surface area contributed by atoms with Crippen LogP contribution in [0.25, 0.3) is 22.6 Å². The molecule has 1 aromatic heterocycles. The van der Waals surface area contributed by atoms with E-state index in [1.54, 1.807) is 12.5 Å². The van der Waals surface area contributed by atoms with Gasteiger partial charge in [-0.2, -0.15) is 0 Å². The maximum atomic E-state index is 12.7. The summed E-state index contributed by atoms with van der Waals surface area (Å²) in [6, 6.07) is 10.9. The molecule has 1 atom stereocenters. The van der Waals surface area contributed by atoms with E-state index in [0.717, 1.165) is 50.0 Å². The Morgan fingerprint density at radius 1 is 1.16 bits per heavy atom. The topological polar surface area (TPSA) is 49.6 Å². The van der Waals surface area contributed by atoms with Crippen LogP contribution < -0.4 is 0 Å². The van der Waals surface area contributed by atoms with E-state index >= 15 is 0 Å². The van der Waals surface area contributed by atoms with E-state index in [1.807, 2.05) is 18.0 Å². The van der Waals surface area contributed by atoms with Crippen LogP contribution in [-0.4, -0.2) is 47.4 Å². The minimum Gasteiger partial charge on any atom is -0.445 e. The standard InChI is InChI=1S/C27H31N3O2/c1-4-30(5-2)14-12-18-6-7-19-8-11-22-24(17-29(3)27(22)31)25(19)23-16-20(9-10-21(18)23)26-28-13-15-32-26/h8-11,13,15-16,18H,4-7,12,14,17H2,1-3H3. The number of fused-ring (bicyclic) bond motifs is 5. The van der Waals surface area contributed by atoms with Gasteiger partial charge in [-0.25, -0.2) is 4.98 Å². The second-order valence-electron chi connectivity index (χ2n) is 8.98. The third-order valence-electron chi connectivity index (χ3n) is 7.26. The van der Waals surface area contributed by atoms with Gasteiger partial charge in [0.25, 0.3) is 5.91 Å². The van der Waals surface area contributed by atoms with Gasteiger partial charge in [-0.05, 0) is 90.8 Å². The minimum absolute atomic E-state index is 0.121. The van der Waals surface area contributed by atoms with Crippen molar-refractivity contribution >= 4 is 5.91 Å². The lowest BCUT2D eigenvalue weighted by Crippen LogP contribution is -2.25. The van der Waals surface area contributed by atoms with Gasteiger partial charge in [0.1, 0.15) is 6.26 Å². The molecule has 2 aliphatic rings. The van der Waals surface area contributed by atoms with Crippen molar-refractivity contribution < 1.29 is 9.21 Å². The molecule has 32 heavy (non-hydrogen) atoms. The third-order valence-corrected chi connectivity index (χ3v) is 7.26. The fraction of sp³-hybridized carbons (Fsp3) is 0.407. The second-order valence-corrected chi connectivity index (χ2v) is 8.98. The highest BCUT2D eigenvalue weighted by molar-refractivity contribution is 6.01. The van der Waals surface area contributed by atoms with E-state index in [4.69, 9.17) is 4.42 Å². The molecule has 0 fully saturated rings. The number of oxazole rings is 1. The molecule has 0 N–H and O–H groups in total. The van der Waals surface area contributed by atoms with Gasteiger partial charge in [-0.3, -0.25) is 4.79 Å². The summed E-state index contributed by atoms with van der Waals surface area (Å²) in [5.41, 5.74) is 8.25. The number of benzene rings is 2. The highest BCUT2D eigenvalue weighted by Gasteiger charge is 2.32. The maximum Gasteiger partial charge on any atom is 0.254 e. The first-order valence-corrected chi connectivity index (χ1v) is 11.8. The predicted molar refractivity (Wildman–Crippen MR) is 127 cm³/mol. The van der Waals surface area contributed by atoms with E-state index in [-0.39, 0.29) is 5.91 Å². The number of carbonyl (C=O) groups excluding carboxylic acids is 1. The molecule has 1 aliphatic heterocycles. The fourth-order valence-corrected chi connectivity index (χ4v) is 5.41. The van der Waals surface area contributed by atoms with Crippen molar-refractivity contribution in [2.45, 2.75) is 45.6 Å². The largest absolute Gasteiger partial charge is 0.445 e. The summed E-state index contributed by atoms with van der Waals surface area (Å²) in [6.45, 7) is 8.42. The molecular weight excluding hydrogens is 398 g/mol. The van der Waals surface area contributed by atoms with Crippen LogP contribution in [0.1, 0.15) is 59.7 Å². The molecule has 1 unspecified atom stereocenters. The molecule has 5 nitrogen and oxygen atoms in total. The predicted octanol–water partition coefficient (Wildman–Crippen LogP) is 5.36. The van der Waals surface area contributed by atoms with Crippen LogP contribution in [0, 0.1) is 0 Å². The molecular formula is C27H31N3O2. The average molecular weight is 430 g/mol. The quantitative estimate of drug-likeness (QED) is 0.530. The van der Waals surface area contributed by atoms with Crippen LogP contribution in [0.5, 0.6) is 0 Å². The summed E-state index contributed by atoms with van der Waals surface area (Å²) in [6.07, 6.45) is 6.61. The molecule has 0 saturated carbocycles. The zero-order valence-corrected chi connectivity index (χ0v) is 19.2. The lowest BCUT2D eigenvalue weighted by Gasteiger charge is -2.23. The molecule has 1 aliphatic carbocycles. The van der Waals surface area contributed by atoms with E-state index < -0.39 is 0 Å². The van der Waals surface area contributed by atoms with Crippen LogP contribution in [0.2, 0.25) is 0 Å². The number of carbonyl (C=O) groups is 1. The minimum atomic E-state index is 0.121. The summed E-state index contributed by atoms with van der Waals surface area (Å²) in [5.74, 6) is 1.25. The third kappa shape index (κ3) is 3.55. The van der Waals surface area contributed by atoms with Crippen molar-refractivity contribution in [2.75, 3.05) is 26.7 Å². The molecule has 0 bridgehead atoms. The van der Waals surface area contributed by atoms with Gasteiger partial charge >= 0.3 is 0 Å². The van der Waals surface area contributed by atoms with Crippen molar-refractivity contribution in [1.29, 1.82) is 0 Å². The Labute approximate surface area is 190 Å². The van der Waals surface area contributed by atoms with Crippen molar-refractivity contribution in [1.82, 2.24) is 14.8 Å². The number of nitrogens with zero attached hydrogens (tertiary/aromatic N) is 3. The molecule has 5 heteroatoms. The Balaban J connectivity index is 1.64. The van der Waals surface area contributed by atoms with Crippen molar-refractivity contribution in [3.8, 4) is 22.6 Å². The molecule has 0 saturated heterocycles. The van der Waals surface area contributed by atoms with Gasteiger partial charge in [-0.15, -0.1) is 0 Å².